The Morgan fingerprint density at radius 2 is 1.71 bits per heavy atom. The average molecular weight is 579 g/mol. The Kier molecular flexibility index (Phi) is 6.88. The Labute approximate surface area is 208 Å². The van der Waals surface area contributed by atoms with Crippen molar-refractivity contribution >= 4 is 39.5 Å². The third-order valence-corrected chi connectivity index (χ3v) is 6.58. The van der Waals surface area contributed by atoms with Crippen LogP contribution in [-0.2, 0) is 17.5 Å². The molecule has 34 heavy (non-hydrogen) atoms. The topological polar surface area (TPSA) is 40.5 Å². The number of esters is 1. The van der Waals surface area contributed by atoms with Gasteiger partial charge in [-0.3, -0.25) is 0 Å². The van der Waals surface area contributed by atoms with Gasteiger partial charge in [-0.15, -0.1) is 0 Å². The molecule has 0 amide bonds. The lowest BCUT2D eigenvalue weighted by Gasteiger charge is -2.13. The molecule has 0 atom stereocenters. The number of carbonyl (C=O) groups excluding carboxylic acids is 1. The molecule has 4 rings (SSSR count). The minimum atomic E-state index is -4.44. The Balaban J connectivity index is 1.84. The molecule has 0 aliphatic heterocycles. The van der Waals surface area contributed by atoms with Crippen LogP contribution in [0, 0.1) is 3.57 Å². The zero-order chi connectivity index (χ0) is 24.5. The van der Waals surface area contributed by atoms with Crippen LogP contribution in [-0.4, -0.2) is 24.3 Å². The molecule has 0 aliphatic rings. The van der Waals surface area contributed by atoms with Crippen molar-refractivity contribution in [1.82, 2.24) is 4.57 Å². The van der Waals surface area contributed by atoms with Crippen LogP contribution in [0.3, 0.4) is 0 Å². The molecule has 0 saturated heterocycles. The molecule has 4 aromatic rings. The minimum absolute atomic E-state index is 0.0967. The second-order valence-electron chi connectivity index (χ2n) is 7.63. The fourth-order valence-electron chi connectivity index (χ4n) is 3.87. The van der Waals surface area contributed by atoms with Crippen LogP contribution in [0.25, 0.3) is 22.0 Å². The van der Waals surface area contributed by atoms with E-state index in [2.05, 4.69) is 22.6 Å². The highest BCUT2D eigenvalue weighted by Crippen LogP contribution is 2.34. The van der Waals surface area contributed by atoms with Gasteiger partial charge in [0.05, 0.1) is 28.4 Å². The van der Waals surface area contributed by atoms with Crippen molar-refractivity contribution < 1.29 is 27.4 Å². The number of halogens is 4. The van der Waals surface area contributed by atoms with E-state index < -0.39 is 17.7 Å². The second-order valence-corrected chi connectivity index (χ2v) is 8.71. The summed E-state index contributed by atoms with van der Waals surface area (Å²) >= 11 is 2.10. The van der Waals surface area contributed by atoms with Gasteiger partial charge in [0.25, 0.3) is 0 Å². The summed E-state index contributed by atoms with van der Waals surface area (Å²) in [6.07, 6.45) is -4.44. The molecule has 0 spiro atoms. The molecule has 0 unspecified atom stereocenters. The van der Waals surface area contributed by atoms with Crippen molar-refractivity contribution in [2.75, 3.05) is 13.7 Å². The van der Waals surface area contributed by atoms with Crippen LogP contribution in [0.5, 0.6) is 5.75 Å². The zero-order valence-corrected chi connectivity index (χ0v) is 20.6. The lowest BCUT2D eigenvalue weighted by Crippen LogP contribution is -2.14. The Morgan fingerprint density at radius 3 is 2.35 bits per heavy atom. The summed E-state index contributed by atoms with van der Waals surface area (Å²) in [5, 5.41) is 0.823. The highest BCUT2D eigenvalue weighted by atomic mass is 127. The van der Waals surface area contributed by atoms with Gasteiger partial charge in [0, 0.05) is 11.9 Å². The monoisotopic (exact) mass is 579 g/mol. The number of carbonyl (C=O) groups is 1. The number of nitrogens with zero attached hydrogens (tertiary/aromatic N) is 1. The first-order valence-corrected chi connectivity index (χ1v) is 11.6. The molecule has 0 saturated carbocycles. The van der Waals surface area contributed by atoms with Gasteiger partial charge in [-0.25, -0.2) is 4.79 Å². The molecular weight excluding hydrogens is 558 g/mol. The first-order valence-electron chi connectivity index (χ1n) is 10.5. The molecule has 0 aliphatic carbocycles. The van der Waals surface area contributed by atoms with Crippen molar-refractivity contribution in [3.8, 4) is 16.9 Å². The molecule has 0 radical (unpaired) electrons. The van der Waals surface area contributed by atoms with Crippen LogP contribution in [0.15, 0.2) is 66.7 Å². The van der Waals surface area contributed by atoms with Gasteiger partial charge >= 0.3 is 12.1 Å². The molecule has 0 fully saturated rings. The highest BCUT2D eigenvalue weighted by Gasteiger charge is 2.30. The Hall–Kier alpha value is -3.01. The van der Waals surface area contributed by atoms with E-state index in [9.17, 15) is 18.0 Å². The molecule has 3 aromatic carbocycles. The van der Waals surface area contributed by atoms with Crippen LogP contribution >= 0.6 is 22.6 Å². The third-order valence-electron chi connectivity index (χ3n) is 5.49. The Morgan fingerprint density at radius 1 is 1.00 bits per heavy atom. The van der Waals surface area contributed by atoms with Crippen LogP contribution in [0.4, 0.5) is 13.2 Å². The van der Waals surface area contributed by atoms with Crippen LogP contribution < -0.4 is 4.74 Å². The van der Waals surface area contributed by atoms with Crippen molar-refractivity contribution in [2.45, 2.75) is 19.6 Å². The summed E-state index contributed by atoms with van der Waals surface area (Å²) in [4.78, 5) is 12.9. The maximum Gasteiger partial charge on any atom is 0.416 e. The number of alkyl halides is 3. The maximum atomic E-state index is 13.2. The Bertz CT molecular complexity index is 1340. The van der Waals surface area contributed by atoms with E-state index in [1.54, 1.807) is 24.7 Å². The van der Waals surface area contributed by atoms with Crippen LogP contribution in [0.1, 0.15) is 28.5 Å². The lowest BCUT2D eigenvalue weighted by atomic mass is 10.0. The molecule has 8 heteroatoms. The van der Waals surface area contributed by atoms with E-state index in [1.165, 1.54) is 6.07 Å². The molecular formula is C26H21F3INO3. The SMILES string of the molecule is CCOC(=O)c1c(I)c2cc(-c3ccc(OC)cc3)ccc2n1Cc1cccc(C(F)(F)F)c1. The fourth-order valence-corrected chi connectivity index (χ4v) is 4.81. The van der Waals surface area contributed by atoms with Gasteiger partial charge in [0.2, 0.25) is 0 Å². The summed E-state index contributed by atoms with van der Waals surface area (Å²) in [5.74, 6) is 0.234. The maximum absolute atomic E-state index is 13.2. The number of methoxy groups -OCH3 is 1. The van der Waals surface area contributed by atoms with Gasteiger partial charge in [0.1, 0.15) is 11.4 Å². The fraction of sp³-hybridized carbons (Fsp3) is 0.192. The number of fused-ring (bicyclic) bond motifs is 1. The molecule has 1 heterocycles. The second kappa shape index (κ2) is 9.69. The average Bonchev–Trinajstić information content (AvgIpc) is 3.09. The standard InChI is InChI=1S/C26H21F3INO3/c1-3-34-25(32)24-23(30)21-14-18(17-7-10-20(33-2)11-8-17)9-12-22(21)31(24)15-16-5-4-6-19(13-16)26(27,28)29/h4-14H,3,15H2,1-2H3. The van der Waals surface area contributed by atoms with Gasteiger partial charge < -0.3 is 14.0 Å². The third kappa shape index (κ3) is 4.77. The summed E-state index contributed by atoms with van der Waals surface area (Å²) in [6.45, 7) is 2.00. The van der Waals surface area contributed by atoms with E-state index in [4.69, 9.17) is 9.47 Å². The number of hydrogen-bond donors (Lipinski definition) is 0. The van der Waals surface area contributed by atoms with E-state index in [0.29, 0.717) is 14.8 Å². The number of aromatic nitrogens is 1. The van der Waals surface area contributed by atoms with E-state index >= 15 is 0 Å². The predicted molar refractivity (Wildman–Crippen MR) is 133 cm³/mol. The highest BCUT2D eigenvalue weighted by molar-refractivity contribution is 14.1. The zero-order valence-electron chi connectivity index (χ0n) is 18.4. The number of hydrogen-bond acceptors (Lipinski definition) is 3. The first-order chi connectivity index (χ1) is 16.2. The summed E-state index contributed by atoms with van der Waals surface area (Å²) in [5.41, 5.74) is 2.69. The largest absolute Gasteiger partial charge is 0.497 e. The predicted octanol–water partition coefficient (Wildman–Crippen LogP) is 7.17. The summed E-state index contributed by atoms with van der Waals surface area (Å²) < 4.78 is 52.6. The van der Waals surface area contributed by atoms with Crippen molar-refractivity contribution in [3.05, 3.63) is 87.1 Å². The van der Waals surface area contributed by atoms with Crippen molar-refractivity contribution in [1.29, 1.82) is 0 Å². The first kappa shape index (κ1) is 24.1. The van der Waals surface area contributed by atoms with E-state index in [0.717, 1.165) is 39.9 Å². The molecule has 0 bridgehead atoms. The van der Waals surface area contributed by atoms with E-state index in [1.807, 2.05) is 42.5 Å². The van der Waals surface area contributed by atoms with Gasteiger partial charge in [-0.1, -0.05) is 30.3 Å². The van der Waals surface area contributed by atoms with Gasteiger partial charge in [-0.05, 0) is 82.6 Å². The molecule has 1 aromatic heterocycles. The normalized spacial score (nSPS) is 11.6. The molecule has 176 valence electrons. The number of rotatable bonds is 6. The summed E-state index contributed by atoms with van der Waals surface area (Å²) in [6, 6.07) is 18.6. The van der Waals surface area contributed by atoms with Crippen LogP contribution in [0.2, 0.25) is 0 Å². The quantitative estimate of drug-likeness (QED) is 0.180. The molecule has 0 N–H and O–H groups in total. The minimum Gasteiger partial charge on any atom is -0.497 e. The van der Waals surface area contributed by atoms with Gasteiger partial charge in [-0.2, -0.15) is 13.2 Å². The number of benzene rings is 3. The number of ether oxygens (including phenoxy) is 2. The molecule has 4 nitrogen and oxygen atoms in total. The van der Waals surface area contributed by atoms with Crippen molar-refractivity contribution in [2.24, 2.45) is 0 Å². The lowest BCUT2D eigenvalue weighted by molar-refractivity contribution is -0.137. The van der Waals surface area contributed by atoms with Gasteiger partial charge in [0.15, 0.2) is 0 Å². The summed E-state index contributed by atoms with van der Waals surface area (Å²) in [7, 11) is 1.60. The van der Waals surface area contributed by atoms with E-state index in [-0.39, 0.29) is 13.2 Å². The smallest absolute Gasteiger partial charge is 0.416 e. The van der Waals surface area contributed by atoms with Crippen molar-refractivity contribution in [3.63, 3.8) is 0 Å².